The summed E-state index contributed by atoms with van der Waals surface area (Å²) in [5.41, 5.74) is 0.894. The Kier molecular flexibility index (Phi) is 4.13. The Hall–Kier alpha value is 0.107. The molecule has 0 N–H and O–H groups in total. The van der Waals surface area contributed by atoms with Crippen LogP contribution in [0.2, 0.25) is 0 Å². The monoisotopic (exact) mass is 268 g/mol. The quantitative estimate of drug-likeness (QED) is 0.595. The van der Waals surface area contributed by atoms with E-state index in [1.807, 2.05) is 31.2 Å². The van der Waals surface area contributed by atoms with E-state index in [9.17, 15) is 0 Å². The van der Waals surface area contributed by atoms with Crippen molar-refractivity contribution in [1.82, 2.24) is 0 Å². The third kappa shape index (κ3) is 2.80. The average molecular weight is 270 g/mol. The third-order valence-electron chi connectivity index (χ3n) is 2.10. The van der Waals surface area contributed by atoms with Crippen molar-refractivity contribution in [3.8, 4) is 5.75 Å². The molecule has 1 rings (SSSR count). The van der Waals surface area contributed by atoms with E-state index in [4.69, 9.17) is 38.0 Å². The summed E-state index contributed by atoms with van der Waals surface area (Å²) in [4.78, 5) is 0. The van der Waals surface area contributed by atoms with Gasteiger partial charge in [0.1, 0.15) is 5.75 Å². The normalized spacial score (nSPS) is 13.8. The highest BCUT2D eigenvalue weighted by atomic mass is 35.8. The predicted octanol–water partition coefficient (Wildman–Crippen LogP) is 3.99. The Morgan fingerprint density at radius 2 is 1.79 bits per heavy atom. The lowest BCUT2D eigenvalue weighted by atomic mass is 10.1. The van der Waals surface area contributed by atoms with Gasteiger partial charge in [-0.25, -0.2) is 0 Å². The molecule has 5 heteroatoms. The van der Waals surface area contributed by atoms with Crippen molar-refractivity contribution < 1.29 is 4.74 Å². The molecule has 1 aromatic carbocycles. The molecule has 78 valence electrons. The summed E-state index contributed by atoms with van der Waals surface area (Å²) in [5.74, 6) is 0.777. The van der Waals surface area contributed by atoms with Gasteiger partial charge in [0, 0.05) is 5.54 Å². The maximum atomic E-state index is 5.96. The van der Waals surface area contributed by atoms with E-state index in [0.717, 1.165) is 11.3 Å². The molecule has 1 unspecified atom stereocenters. The maximum absolute atomic E-state index is 5.96. The van der Waals surface area contributed by atoms with Crippen LogP contribution in [0, 0.1) is 0 Å². The van der Waals surface area contributed by atoms with E-state index in [1.165, 1.54) is 0 Å². The molecule has 1 atom stereocenters. The molecule has 0 radical (unpaired) electrons. The maximum Gasteiger partial charge on any atom is 0.348 e. The highest BCUT2D eigenvalue weighted by molar-refractivity contribution is 7.65. The Labute approximate surface area is 99.0 Å². The molecule has 0 aliphatic heterocycles. The highest BCUT2D eigenvalue weighted by Gasteiger charge is 2.35. The molecule has 0 fully saturated rings. The highest BCUT2D eigenvalue weighted by Crippen LogP contribution is 2.39. The molecule has 0 aliphatic carbocycles. The van der Waals surface area contributed by atoms with Gasteiger partial charge < -0.3 is 4.74 Å². The van der Waals surface area contributed by atoms with Crippen LogP contribution in [0.25, 0.3) is 0 Å². The molecule has 0 amide bonds. The molecular weight excluding hydrogens is 259 g/mol. The Morgan fingerprint density at radius 3 is 2.29 bits per heavy atom. The number of benzene rings is 1. The molecule has 0 bridgehead atoms. The average Bonchev–Trinajstić information content (AvgIpc) is 2.15. The van der Waals surface area contributed by atoms with Crippen molar-refractivity contribution in [2.45, 2.75) is 12.5 Å². The lowest BCUT2D eigenvalue weighted by Gasteiger charge is -2.19. The number of hydrogen-bond donors (Lipinski definition) is 0. The second-order valence-corrected chi connectivity index (χ2v) is 12.1. The fourth-order valence-corrected chi connectivity index (χ4v) is 2.85. The van der Waals surface area contributed by atoms with Gasteiger partial charge in [0.2, 0.25) is 0 Å². The van der Waals surface area contributed by atoms with Gasteiger partial charge in [-0.2, -0.15) is 0 Å². The van der Waals surface area contributed by atoms with Gasteiger partial charge in [0.05, 0.1) is 7.11 Å². The van der Waals surface area contributed by atoms with Crippen molar-refractivity contribution in [3.63, 3.8) is 0 Å². The van der Waals surface area contributed by atoms with E-state index in [0.29, 0.717) is 0 Å². The van der Waals surface area contributed by atoms with Gasteiger partial charge in [0.25, 0.3) is 0 Å². The first-order chi connectivity index (χ1) is 6.46. The van der Waals surface area contributed by atoms with Gasteiger partial charge >= 0.3 is 6.00 Å². The number of rotatable bonds is 3. The van der Waals surface area contributed by atoms with Crippen LogP contribution in [0.4, 0.5) is 0 Å². The second-order valence-electron chi connectivity index (χ2n) is 3.01. The predicted molar refractivity (Wildman–Crippen MR) is 64.7 cm³/mol. The minimum absolute atomic E-state index is 0.0661. The summed E-state index contributed by atoms with van der Waals surface area (Å²) in [6.45, 7) is 1.91. The van der Waals surface area contributed by atoms with Gasteiger partial charge in [-0.3, -0.25) is 0 Å². The summed E-state index contributed by atoms with van der Waals surface area (Å²) >= 11 is 17.9. The lowest BCUT2D eigenvalue weighted by Crippen LogP contribution is -2.20. The van der Waals surface area contributed by atoms with Crippen molar-refractivity contribution in [3.05, 3.63) is 29.8 Å². The topological polar surface area (TPSA) is 9.23 Å². The number of methoxy groups -OCH3 is 1. The van der Waals surface area contributed by atoms with Crippen LogP contribution in [0.15, 0.2) is 24.3 Å². The first kappa shape index (κ1) is 12.2. The largest absolute Gasteiger partial charge is 0.496 e. The van der Waals surface area contributed by atoms with Crippen LogP contribution in [-0.2, 0) is 0 Å². The molecule has 14 heavy (non-hydrogen) atoms. The fraction of sp³-hybridized carbons (Fsp3) is 0.333. The van der Waals surface area contributed by atoms with Crippen LogP contribution in [0.1, 0.15) is 18.0 Å². The Bertz CT molecular complexity index is 311. The molecule has 0 saturated heterocycles. The van der Waals surface area contributed by atoms with E-state index in [1.54, 1.807) is 7.11 Å². The van der Waals surface area contributed by atoms with Crippen LogP contribution in [-0.4, -0.2) is 13.1 Å². The van der Waals surface area contributed by atoms with E-state index in [-0.39, 0.29) is 5.54 Å². The summed E-state index contributed by atoms with van der Waals surface area (Å²) in [5, 5.41) is 0. The standard InChI is InChI=1S/C9H11Cl3OSi/c1-7(14(10,11)12)8-5-3-4-6-9(8)13-2/h3-7H,1-2H3. The molecule has 0 aromatic heterocycles. The van der Waals surface area contributed by atoms with E-state index in [2.05, 4.69) is 0 Å². The summed E-state index contributed by atoms with van der Waals surface area (Å²) < 4.78 is 5.21. The molecule has 0 spiro atoms. The molecule has 1 aromatic rings. The lowest BCUT2D eigenvalue weighted by molar-refractivity contribution is 0.409. The van der Waals surface area contributed by atoms with Crippen molar-refractivity contribution in [2.24, 2.45) is 0 Å². The van der Waals surface area contributed by atoms with Crippen molar-refractivity contribution in [2.75, 3.05) is 7.11 Å². The first-order valence-corrected chi connectivity index (χ1v) is 9.27. The molecular formula is C9H11Cl3OSi. The van der Waals surface area contributed by atoms with Gasteiger partial charge in [-0.15, -0.1) is 33.2 Å². The second kappa shape index (κ2) is 4.75. The van der Waals surface area contributed by atoms with Gasteiger partial charge in [0.15, 0.2) is 0 Å². The summed E-state index contributed by atoms with van der Waals surface area (Å²) in [6, 6.07) is 4.90. The smallest absolute Gasteiger partial charge is 0.348 e. The van der Waals surface area contributed by atoms with Crippen molar-refractivity contribution in [1.29, 1.82) is 0 Å². The Morgan fingerprint density at radius 1 is 1.21 bits per heavy atom. The third-order valence-corrected chi connectivity index (χ3v) is 6.34. The molecule has 0 heterocycles. The SMILES string of the molecule is COc1ccccc1C(C)[Si](Cl)(Cl)Cl. The molecule has 0 aliphatic rings. The van der Waals surface area contributed by atoms with Gasteiger partial charge in [-0.05, 0) is 11.6 Å². The zero-order valence-electron chi connectivity index (χ0n) is 7.93. The minimum Gasteiger partial charge on any atom is -0.496 e. The summed E-state index contributed by atoms with van der Waals surface area (Å²) in [6.07, 6.45) is 0. The Balaban J connectivity index is 3.06. The van der Waals surface area contributed by atoms with Crippen LogP contribution >= 0.6 is 33.2 Å². The molecule has 0 saturated carbocycles. The number of halogens is 3. The van der Waals surface area contributed by atoms with Gasteiger partial charge in [-0.1, -0.05) is 25.1 Å². The molecule has 1 nitrogen and oxygen atoms in total. The van der Waals surface area contributed by atoms with Crippen LogP contribution < -0.4 is 4.74 Å². The van der Waals surface area contributed by atoms with E-state index < -0.39 is 6.00 Å². The number of para-hydroxylation sites is 1. The fourth-order valence-electron chi connectivity index (χ4n) is 1.20. The first-order valence-electron chi connectivity index (χ1n) is 4.16. The van der Waals surface area contributed by atoms with Crippen LogP contribution in [0.5, 0.6) is 5.75 Å². The zero-order valence-corrected chi connectivity index (χ0v) is 11.2. The number of hydrogen-bond acceptors (Lipinski definition) is 1. The number of ether oxygens (including phenoxy) is 1. The minimum atomic E-state index is -2.71. The summed E-state index contributed by atoms with van der Waals surface area (Å²) in [7, 11) is 1.62. The van der Waals surface area contributed by atoms with Crippen molar-refractivity contribution >= 4 is 39.2 Å². The van der Waals surface area contributed by atoms with E-state index >= 15 is 0 Å². The van der Waals surface area contributed by atoms with Crippen LogP contribution in [0.3, 0.4) is 0 Å². The zero-order chi connectivity index (χ0) is 10.8.